The van der Waals surface area contributed by atoms with Crippen molar-refractivity contribution in [2.24, 2.45) is 5.73 Å². The molecule has 104 valence electrons. The van der Waals surface area contributed by atoms with E-state index >= 15 is 0 Å². The van der Waals surface area contributed by atoms with Crippen LogP contribution < -0.4 is 11.1 Å². The summed E-state index contributed by atoms with van der Waals surface area (Å²) in [5.74, 6) is -3.93. The number of anilines is 1. The van der Waals surface area contributed by atoms with E-state index in [2.05, 4.69) is 5.32 Å². The van der Waals surface area contributed by atoms with Crippen LogP contribution in [0.2, 0.25) is 0 Å². The predicted molar refractivity (Wildman–Crippen MR) is 64.1 cm³/mol. The van der Waals surface area contributed by atoms with Gasteiger partial charge in [0.05, 0.1) is 0 Å². The quantitative estimate of drug-likeness (QED) is 0.810. The number of hydrogen-bond donors (Lipinski definition) is 2. The van der Waals surface area contributed by atoms with Crippen molar-refractivity contribution in [1.82, 2.24) is 4.90 Å². The fourth-order valence-electron chi connectivity index (χ4n) is 2.12. The second kappa shape index (κ2) is 5.38. The van der Waals surface area contributed by atoms with Crippen LogP contribution in [0.1, 0.15) is 12.8 Å². The lowest BCUT2D eigenvalue weighted by atomic mass is 10.0. The lowest BCUT2D eigenvalue weighted by molar-refractivity contribution is 0.193. The molecule has 4 nitrogen and oxygen atoms in total. The van der Waals surface area contributed by atoms with E-state index in [1.807, 2.05) is 0 Å². The van der Waals surface area contributed by atoms with Crippen LogP contribution in [0.15, 0.2) is 12.1 Å². The van der Waals surface area contributed by atoms with Gasteiger partial charge in [0.1, 0.15) is 0 Å². The second-order valence-corrected chi connectivity index (χ2v) is 4.50. The number of benzene rings is 1. The summed E-state index contributed by atoms with van der Waals surface area (Å²) in [5, 5.41) is 2.92. The van der Waals surface area contributed by atoms with Crippen molar-refractivity contribution in [3.63, 3.8) is 0 Å². The number of carbonyl (C=O) groups excluding carboxylic acids is 1. The molecule has 2 amide bonds. The average molecular weight is 273 g/mol. The summed E-state index contributed by atoms with van der Waals surface area (Å²) in [6.45, 7) is 0.971. The Morgan fingerprint density at radius 3 is 2.21 bits per heavy atom. The number of primary amides is 1. The Kier molecular flexibility index (Phi) is 3.82. The monoisotopic (exact) mass is 273 g/mol. The standard InChI is InChI=1S/C12H14F3N3O/c13-9-5-8(6-10(14)11(9)15)17-7-1-3-18(4-2-7)12(16)19/h5-7,17H,1-4H2,(H2,16,19). The van der Waals surface area contributed by atoms with Crippen molar-refractivity contribution in [2.75, 3.05) is 18.4 Å². The summed E-state index contributed by atoms with van der Waals surface area (Å²) in [5.41, 5.74) is 5.34. The largest absolute Gasteiger partial charge is 0.382 e. The topological polar surface area (TPSA) is 58.4 Å². The first-order valence-electron chi connectivity index (χ1n) is 5.93. The Bertz CT molecular complexity index is 464. The zero-order valence-electron chi connectivity index (χ0n) is 10.1. The number of urea groups is 1. The molecule has 0 spiro atoms. The molecule has 3 N–H and O–H groups in total. The third-order valence-electron chi connectivity index (χ3n) is 3.16. The molecule has 1 saturated heterocycles. The van der Waals surface area contributed by atoms with E-state index in [9.17, 15) is 18.0 Å². The zero-order chi connectivity index (χ0) is 14.0. The third-order valence-corrected chi connectivity index (χ3v) is 3.16. The molecular formula is C12H14F3N3O. The number of carbonyl (C=O) groups is 1. The summed E-state index contributed by atoms with van der Waals surface area (Å²) < 4.78 is 38.9. The maximum atomic E-state index is 13.0. The van der Waals surface area contributed by atoms with Crippen LogP contribution >= 0.6 is 0 Å². The van der Waals surface area contributed by atoms with Crippen molar-refractivity contribution in [3.8, 4) is 0 Å². The van der Waals surface area contributed by atoms with E-state index in [1.165, 1.54) is 4.90 Å². The number of nitrogens with one attached hydrogen (secondary N) is 1. The first-order valence-corrected chi connectivity index (χ1v) is 5.93. The lowest BCUT2D eigenvalue weighted by Gasteiger charge is -2.31. The number of nitrogens with two attached hydrogens (primary N) is 1. The molecule has 0 saturated carbocycles. The first-order chi connectivity index (χ1) is 8.97. The number of amides is 2. The maximum Gasteiger partial charge on any atom is 0.314 e. The highest BCUT2D eigenvalue weighted by Crippen LogP contribution is 2.21. The van der Waals surface area contributed by atoms with Gasteiger partial charge in [-0.25, -0.2) is 18.0 Å². The fraction of sp³-hybridized carbons (Fsp3) is 0.417. The van der Waals surface area contributed by atoms with Gasteiger partial charge < -0.3 is 16.0 Å². The summed E-state index contributed by atoms with van der Waals surface area (Å²) >= 11 is 0. The van der Waals surface area contributed by atoms with Crippen LogP contribution in [-0.2, 0) is 0 Å². The first kappa shape index (κ1) is 13.5. The molecule has 0 atom stereocenters. The van der Waals surface area contributed by atoms with Gasteiger partial charge in [0, 0.05) is 37.0 Å². The van der Waals surface area contributed by atoms with Gasteiger partial charge in [-0.05, 0) is 12.8 Å². The minimum Gasteiger partial charge on any atom is -0.382 e. The highest BCUT2D eigenvalue weighted by Gasteiger charge is 2.21. The molecule has 0 bridgehead atoms. The smallest absolute Gasteiger partial charge is 0.314 e. The molecule has 1 aliphatic heterocycles. The molecule has 19 heavy (non-hydrogen) atoms. The third kappa shape index (κ3) is 3.10. The molecule has 1 fully saturated rings. The van der Waals surface area contributed by atoms with Crippen LogP contribution in [0, 0.1) is 17.5 Å². The van der Waals surface area contributed by atoms with E-state index < -0.39 is 23.5 Å². The number of nitrogens with zero attached hydrogens (tertiary/aromatic N) is 1. The fourth-order valence-corrected chi connectivity index (χ4v) is 2.12. The number of hydrogen-bond acceptors (Lipinski definition) is 2. The second-order valence-electron chi connectivity index (χ2n) is 4.50. The van der Waals surface area contributed by atoms with Gasteiger partial charge in [-0.2, -0.15) is 0 Å². The number of piperidine rings is 1. The Morgan fingerprint density at radius 1 is 1.21 bits per heavy atom. The van der Waals surface area contributed by atoms with E-state index in [0.29, 0.717) is 25.9 Å². The van der Waals surface area contributed by atoms with Gasteiger partial charge in [-0.15, -0.1) is 0 Å². The number of halogens is 3. The van der Waals surface area contributed by atoms with Gasteiger partial charge in [0.25, 0.3) is 0 Å². The zero-order valence-corrected chi connectivity index (χ0v) is 10.1. The van der Waals surface area contributed by atoms with E-state index in [-0.39, 0.29) is 11.7 Å². The Balaban J connectivity index is 1.98. The summed E-state index contributed by atoms with van der Waals surface area (Å²) in [6.07, 6.45) is 1.23. The SMILES string of the molecule is NC(=O)N1CCC(Nc2cc(F)c(F)c(F)c2)CC1. The van der Waals surface area contributed by atoms with Crippen molar-refractivity contribution < 1.29 is 18.0 Å². The van der Waals surface area contributed by atoms with Gasteiger partial charge in [0.2, 0.25) is 0 Å². The predicted octanol–water partition coefficient (Wildman–Crippen LogP) is 2.06. The summed E-state index contributed by atoms with van der Waals surface area (Å²) in [4.78, 5) is 12.4. The molecule has 1 heterocycles. The molecule has 0 unspecified atom stereocenters. The summed E-state index contributed by atoms with van der Waals surface area (Å²) in [7, 11) is 0. The van der Waals surface area contributed by atoms with Crippen molar-refractivity contribution in [3.05, 3.63) is 29.6 Å². The van der Waals surface area contributed by atoms with Gasteiger partial charge in [0.15, 0.2) is 17.5 Å². The van der Waals surface area contributed by atoms with Crippen LogP contribution in [0.25, 0.3) is 0 Å². The van der Waals surface area contributed by atoms with Gasteiger partial charge in [-0.3, -0.25) is 0 Å². The summed E-state index contributed by atoms with van der Waals surface area (Å²) in [6, 6.07) is 1.33. The Morgan fingerprint density at radius 2 is 1.74 bits per heavy atom. The van der Waals surface area contributed by atoms with E-state index in [1.54, 1.807) is 0 Å². The molecule has 0 aliphatic carbocycles. The Labute approximate surface area is 108 Å². The van der Waals surface area contributed by atoms with E-state index in [0.717, 1.165) is 12.1 Å². The van der Waals surface area contributed by atoms with Crippen LogP contribution in [0.4, 0.5) is 23.7 Å². The van der Waals surface area contributed by atoms with Crippen LogP contribution in [-0.4, -0.2) is 30.1 Å². The minimum absolute atomic E-state index is 0.0279. The lowest BCUT2D eigenvalue weighted by Crippen LogP contribution is -2.44. The van der Waals surface area contributed by atoms with Gasteiger partial charge in [-0.1, -0.05) is 0 Å². The molecule has 0 aromatic heterocycles. The Hall–Kier alpha value is -1.92. The van der Waals surface area contributed by atoms with Crippen LogP contribution in [0.5, 0.6) is 0 Å². The minimum atomic E-state index is -1.48. The highest BCUT2D eigenvalue weighted by atomic mass is 19.2. The average Bonchev–Trinajstić information content (AvgIpc) is 2.36. The number of likely N-dealkylation sites (tertiary alicyclic amines) is 1. The van der Waals surface area contributed by atoms with Crippen molar-refractivity contribution >= 4 is 11.7 Å². The normalized spacial score (nSPS) is 16.5. The van der Waals surface area contributed by atoms with E-state index in [4.69, 9.17) is 5.73 Å². The molecule has 2 rings (SSSR count). The maximum absolute atomic E-state index is 13.0. The van der Waals surface area contributed by atoms with Crippen LogP contribution in [0.3, 0.4) is 0 Å². The molecule has 7 heteroatoms. The molecule has 1 aliphatic rings. The van der Waals surface area contributed by atoms with Crippen molar-refractivity contribution in [2.45, 2.75) is 18.9 Å². The van der Waals surface area contributed by atoms with Gasteiger partial charge >= 0.3 is 6.03 Å². The molecule has 1 aromatic rings. The molecule has 1 aromatic carbocycles. The molecular weight excluding hydrogens is 259 g/mol. The molecule has 0 radical (unpaired) electrons. The highest BCUT2D eigenvalue weighted by molar-refractivity contribution is 5.72. The van der Waals surface area contributed by atoms with Crippen molar-refractivity contribution in [1.29, 1.82) is 0 Å². The number of rotatable bonds is 2.